The van der Waals surface area contributed by atoms with Gasteiger partial charge < -0.3 is 5.32 Å². The van der Waals surface area contributed by atoms with Crippen LogP contribution in [0.1, 0.15) is 36.3 Å². The fourth-order valence-corrected chi connectivity index (χ4v) is 4.36. The number of thiazole rings is 1. The van der Waals surface area contributed by atoms with Crippen LogP contribution >= 0.6 is 11.3 Å². The fraction of sp³-hybridized carbons (Fsp3) is 0.500. The average molecular weight is 330 g/mol. The number of carbonyl (C=O) groups excluding carboxylic acids is 2. The summed E-state index contributed by atoms with van der Waals surface area (Å²) in [5.41, 5.74) is 3.23. The van der Waals surface area contributed by atoms with Crippen molar-refractivity contribution in [2.24, 2.45) is 13.0 Å². The summed E-state index contributed by atoms with van der Waals surface area (Å²) >= 11 is 1.55. The lowest BCUT2D eigenvalue weighted by Gasteiger charge is -2.19. The normalized spacial score (nSPS) is 17.7. The molecule has 1 fully saturated rings. The molecule has 2 aromatic heterocycles. The SMILES string of the molecule is Cn1ncc2c1CCc1sc(NC(=O)C3CCC(=O)CC3)nc1-2. The summed E-state index contributed by atoms with van der Waals surface area (Å²) in [4.78, 5) is 29.5. The molecular weight excluding hydrogens is 312 g/mol. The molecule has 2 heterocycles. The first kappa shape index (κ1) is 14.6. The highest BCUT2D eigenvalue weighted by atomic mass is 32.1. The van der Waals surface area contributed by atoms with Gasteiger partial charge in [-0.3, -0.25) is 14.3 Å². The summed E-state index contributed by atoms with van der Waals surface area (Å²) in [5, 5.41) is 7.92. The van der Waals surface area contributed by atoms with Crippen molar-refractivity contribution in [3.05, 3.63) is 16.8 Å². The van der Waals surface area contributed by atoms with E-state index in [9.17, 15) is 9.59 Å². The Morgan fingerprint density at radius 1 is 1.30 bits per heavy atom. The largest absolute Gasteiger partial charge is 0.302 e. The van der Waals surface area contributed by atoms with Gasteiger partial charge in [-0.05, 0) is 25.7 Å². The van der Waals surface area contributed by atoms with Crippen molar-refractivity contribution in [2.75, 3.05) is 5.32 Å². The molecule has 0 aliphatic heterocycles. The molecule has 0 bridgehead atoms. The van der Waals surface area contributed by atoms with Crippen LogP contribution in [0.15, 0.2) is 6.20 Å². The highest BCUT2D eigenvalue weighted by Crippen LogP contribution is 2.38. The number of anilines is 1. The first-order chi connectivity index (χ1) is 11.1. The quantitative estimate of drug-likeness (QED) is 0.917. The number of nitrogens with one attached hydrogen (secondary N) is 1. The zero-order valence-electron chi connectivity index (χ0n) is 13.0. The minimum atomic E-state index is -0.0671. The van der Waals surface area contributed by atoms with E-state index in [-0.39, 0.29) is 17.6 Å². The summed E-state index contributed by atoms with van der Waals surface area (Å²) in [5.74, 6) is 0.195. The molecular formula is C16H18N4O2S. The van der Waals surface area contributed by atoms with Gasteiger partial charge in [-0.2, -0.15) is 5.10 Å². The number of hydrogen-bond acceptors (Lipinski definition) is 5. The second-order valence-corrected chi connectivity index (χ2v) is 7.31. The molecule has 1 N–H and O–H groups in total. The number of carbonyl (C=O) groups is 2. The molecule has 2 aromatic rings. The third kappa shape index (κ3) is 2.59. The van der Waals surface area contributed by atoms with Gasteiger partial charge in [0, 0.05) is 41.9 Å². The van der Waals surface area contributed by atoms with E-state index < -0.39 is 0 Å². The van der Waals surface area contributed by atoms with Gasteiger partial charge in [-0.15, -0.1) is 11.3 Å². The lowest BCUT2D eigenvalue weighted by Crippen LogP contribution is -2.27. The number of nitrogens with zero attached hydrogens (tertiary/aromatic N) is 3. The van der Waals surface area contributed by atoms with Crippen molar-refractivity contribution in [1.82, 2.24) is 14.8 Å². The average Bonchev–Trinajstić information content (AvgIpc) is 3.11. The smallest absolute Gasteiger partial charge is 0.229 e. The molecule has 23 heavy (non-hydrogen) atoms. The van der Waals surface area contributed by atoms with E-state index in [1.54, 1.807) is 11.3 Å². The monoisotopic (exact) mass is 330 g/mol. The standard InChI is InChI=1S/C16H18N4O2S/c1-20-12-6-7-13-14(11(12)8-17-20)18-16(23-13)19-15(22)9-2-4-10(21)5-3-9/h8-9H,2-7H2,1H3,(H,18,19,22). The van der Waals surface area contributed by atoms with E-state index >= 15 is 0 Å². The molecule has 6 nitrogen and oxygen atoms in total. The van der Waals surface area contributed by atoms with Gasteiger partial charge in [0.05, 0.1) is 11.9 Å². The summed E-state index contributed by atoms with van der Waals surface area (Å²) in [6.45, 7) is 0. The molecule has 0 saturated heterocycles. The van der Waals surface area contributed by atoms with Crippen LogP contribution < -0.4 is 5.32 Å². The Balaban J connectivity index is 1.53. The third-order valence-corrected chi connectivity index (χ3v) is 5.78. The second-order valence-electron chi connectivity index (χ2n) is 6.22. The minimum absolute atomic E-state index is 0.00462. The van der Waals surface area contributed by atoms with Crippen LogP contribution in [-0.4, -0.2) is 26.5 Å². The number of Topliss-reactive ketones (excluding diaryl/α,β-unsaturated/α-hetero) is 1. The molecule has 4 rings (SSSR count). The van der Waals surface area contributed by atoms with Crippen LogP contribution in [0.2, 0.25) is 0 Å². The second kappa shape index (κ2) is 5.56. The molecule has 0 unspecified atom stereocenters. The van der Waals surface area contributed by atoms with Crippen molar-refractivity contribution in [3.63, 3.8) is 0 Å². The molecule has 0 spiro atoms. The fourth-order valence-electron chi connectivity index (χ4n) is 3.38. The number of rotatable bonds is 2. The summed E-state index contributed by atoms with van der Waals surface area (Å²) in [6, 6.07) is 0. The maximum Gasteiger partial charge on any atom is 0.229 e. The maximum absolute atomic E-state index is 12.4. The van der Waals surface area contributed by atoms with Gasteiger partial charge in [-0.1, -0.05) is 0 Å². The highest BCUT2D eigenvalue weighted by Gasteiger charge is 2.27. The number of ketones is 1. The van der Waals surface area contributed by atoms with Crippen molar-refractivity contribution >= 4 is 28.2 Å². The molecule has 0 aromatic carbocycles. The van der Waals surface area contributed by atoms with E-state index in [1.165, 1.54) is 10.6 Å². The molecule has 1 amide bonds. The van der Waals surface area contributed by atoms with Crippen molar-refractivity contribution in [2.45, 2.75) is 38.5 Å². The van der Waals surface area contributed by atoms with Crippen LogP contribution in [0.25, 0.3) is 11.3 Å². The van der Waals surface area contributed by atoms with E-state index in [0.29, 0.717) is 30.8 Å². The van der Waals surface area contributed by atoms with Gasteiger partial charge in [0.2, 0.25) is 5.91 Å². The van der Waals surface area contributed by atoms with Crippen molar-refractivity contribution < 1.29 is 9.59 Å². The van der Waals surface area contributed by atoms with E-state index in [2.05, 4.69) is 15.4 Å². The Kier molecular flexibility index (Phi) is 3.52. The lowest BCUT2D eigenvalue weighted by molar-refractivity contribution is -0.125. The van der Waals surface area contributed by atoms with Gasteiger partial charge in [-0.25, -0.2) is 4.98 Å². The number of aromatic nitrogens is 3. The molecule has 120 valence electrons. The maximum atomic E-state index is 12.4. The van der Waals surface area contributed by atoms with Crippen LogP contribution in [0.4, 0.5) is 5.13 Å². The van der Waals surface area contributed by atoms with E-state index in [4.69, 9.17) is 0 Å². The summed E-state index contributed by atoms with van der Waals surface area (Å²) in [7, 11) is 1.95. The molecule has 1 saturated carbocycles. The van der Waals surface area contributed by atoms with E-state index in [1.807, 2.05) is 17.9 Å². The molecule has 2 aliphatic rings. The number of amides is 1. The molecule has 2 aliphatic carbocycles. The van der Waals surface area contributed by atoms with Gasteiger partial charge in [0.15, 0.2) is 5.13 Å². The lowest BCUT2D eigenvalue weighted by atomic mass is 9.88. The minimum Gasteiger partial charge on any atom is -0.302 e. The Hall–Kier alpha value is -2.02. The zero-order chi connectivity index (χ0) is 16.0. The van der Waals surface area contributed by atoms with Crippen LogP contribution in [-0.2, 0) is 29.5 Å². The first-order valence-electron chi connectivity index (χ1n) is 7.95. The third-order valence-electron chi connectivity index (χ3n) is 4.75. The summed E-state index contributed by atoms with van der Waals surface area (Å²) < 4.78 is 1.90. The highest BCUT2D eigenvalue weighted by molar-refractivity contribution is 7.16. The topological polar surface area (TPSA) is 76.9 Å². The van der Waals surface area contributed by atoms with Crippen LogP contribution in [0.5, 0.6) is 0 Å². The zero-order valence-corrected chi connectivity index (χ0v) is 13.8. The van der Waals surface area contributed by atoms with Crippen LogP contribution in [0.3, 0.4) is 0 Å². The van der Waals surface area contributed by atoms with Gasteiger partial charge >= 0.3 is 0 Å². The molecule has 7 heteroatoms. The van der Waals surface area contributed by atoms with Gasteiger partial charge in [0.1, 0.15) is 5.78 Å². The Morgan fingerprint density at radius 2 is 2.09 bits per heavy atom. The van der Waals surface area contributed by atoms with Crippen molar-refractivity contribution in [1.29, 1.82) is 0 Å². The molecule has 0 radical (unpaired) electrons. The number of aryl methyl sites for hydroxylation is 2. The predicted molar refractivity (Wildman–Crippen MR) is 87.3 cm³/mol. The number of hydrogen-bond donors (Lipinski definition) is 1. The number of fused-ring (bicyclic) bond motifs is 3. The van der Waals surface area contributed by atoms with E-state index in [0.717, 1.165) is 24.1 Å². The Bertz CT molecular complexity index is 782. The van der Waals surface area contributed by atoms with Crippen molar-refractivity contribution in [3.8, 4) is 11.3 Å². The van der Waals surface area contributed by atoms with Gasteiger partial charge in [0.25, 0.3) is 0 Å². The Morgan fingerprint density at radius 3 is 2.87 bits per heavy atom. The summed E-state index contributed by atoms with van der Waals surface area (Å²) in [6.07, 6.45) is 6.10. The first-order valence-corrected chi connectivity index (χ1v) is 8.77. The Labute approximate surface area is 137 Å². The van der Waals surface area contributed by atoms with Crippen LogP contribution in [0, 0.1) is 5.92 Å². The molecule has 0 atom stereocenters. The predicted octanol–water partition coefficient (Wildman–Crippen LogP) is 2.34.